The molecule has 5 N–H and O–H groups in total. The molecule has 1 aliphatic heterocycles. The van der Waals surface area contributed by atoms with E-state index in [1.807, 2.05) is 0 Å². The van der Waals surface area contributed by atoms with E-state index < -0.39 is 53.0 Å². The molecule has 128 valence electrons. The van der Waals surface area contributed by atoms with E-state index in [9.17, 15) is 44.0 Å². The SMILES string of the molecule is O.O=P([O-])([O-])OC[C@H]1O[C@H](OP(=O)([O-])[O-])[C@H](O)[C@@H](O)[C@@H]1O.[K+].[K+].[K+].[K+]. The topological polar surface area (TPSA) is 246 Å². The van der Waals surface area contributed by atoms with Gasteiger partial charge in [-0.3, -0.25) is 0 Å². The van der Waals surface area contributed by atoms with Gasteiger partial charge in [0.2, 0.25) is 0 Å². The summed E-state index contributed by atoms with van der Waals surface area (Å²) in [6.45, 7) is -1.07. The maximum absolute atomic E-state index is 10.4. The third-order valence-corrected chi connectivity index (χ3v) is 3.23. The van der Waals surface area contributed by atoms with Crippen LogP contribution in [0.2, 0.25) is 0 Å². The molecule has 25 heavy (non-hydrogen) atoms. The molecule has 0 saturated carbocycles. The molecule has 0 amide bonds. The zero-order valence-electron chi connectivity index (χ0n) is 14.0. The molecule has 0 aromatic heterocycles. The van der Waals surface area contributed by atoms with E-state index in [2.05, 4.69) is 13.8 Å². The average Bonchev–Trinajstić information content (AvgIpc) is 2.25. The molecule has 1 saturated heterocycles. The van der Waals surface area contributed by atoms with Crippen LogP contribution >= 0.6 is 15.6 Å². The first-order chi connectivity index (χ1) is 8.91. The molecule has 0 aromatic rings. The van der Waals surface area contributed by atoms with Gasteiger partial charge in [-0.2, -0.15) is 0 Å². The second-order valence-electron chi connectivity index (χ2n) is 3.81. The van der Waals surface area contributed by atoms with Crippen molar-refractivity contribution in [3.8, 4) is 0 Å². The first-order valence-corrected chi connectivity index (χ1v) is 7.89. The van der Waals surface area contributed by atoms with Gasteiger partial charge in [-0.05, 0) is 0 Å². The standard InChI is InChI=1S/C6H14O12P2.4K.H2O/c7-3-2(1-16-19(10,11)12)17-6(5(9)4(3)8)18-20(13,14)15;;;;;/h2-9H,1H2,(H2,10,11,12)(H2,13,14,15);;;;;1H2/q;4*+1;/p-4/t2-,3-,4+,5-,6-;;;;;/m1...../s1. The van der Waals surface area contributed by atoms with Gasteiger partial charge in [0.1, 0.15) is 24.4 Å². The number of hydrogen-bond donors (Lipinski definition) is 3. The van der Waals surface area contributed by atoms with E-state index in [0.29, 0.717) is 0 Å². The second kappa shape index (κ2) is 18.9. The molecule has 0 aliphatic carbocycles. The van der Waals surface area contributed by atoms with Crippen molar-refractivity contribution in [3.63, 3.8) is 0 Å². The van der Waals surface area contributed by atoms with Crippen LogP contribution in [0.4, 0.5) is 0 Å². The van der Waals surface area contributed by atoms with E-state index in [1.165, 1.54) is 0 Å². The minimum Gasteiger partial charge on any atom is -0.790 e. The van der Waals surface area contributed by atoms with Gasteiger partial charge >= 0.3 is 206 Å². The minimum atomic E-state index is -5.59. The Balaban J connectivity index is -0.000000267. The predicted octanol–water partition coefficient (Wildman–Crippen LogP) is -18.3. The summed E-state index contributed by atoms with van der Waals surface area (Å²) in [4.78, 5) is 41.3. The molecule has 0 aromatic carbocycles. The molecular weight excluding hydrogens is 498 g/mol. The van der Waals surface area contributed by atoms with Gasteiger partial charge in [-0.25, -0.2) is 0 Å². The minimum absolute atomic E-state index is 0. The van der Waals surface area contributed by atoms with Crippen molar-refractivity contribution in [3.05, 3.63) is 0 Å². The Labute approximate surface area is 313 Å². The summed E-state index contributed by atoms with van der Waals surface area (Å²) >= 11 is 0. The number of aliphatic hydroxyl groups is 3. The monoisotopic (exact) mass is 510 g/mol. The molecule has 1 fully saturated rings. The van der Waals surface area contributed by atoms with Gasteiger partial charge in [0.05, 0.1) is 22.3 Å². The van der Waals surface area contributed by atoms with Crippen LogP contribution in [0.5, 0.6) is 0 Å². The Morgan fingerprint density at radius 3 is 1.64 bits per heavy atom. The van der Waals surface area contributed by atoms with Gasteiger partial charge in [-0.1, -0.05) is 0 Å². The summed E-state index contributed by atoms with van der Waals surface area (Å²) in [5, 5.41) is 28.1. The van der Waals surface area contributed by atoms with Gasteiger partial charge in [0.15, 0.2) is 6.29 Å². The van der Waals surface area contributed by atoms with Crippen LogP contribution < -0.4 is 225 Å². The number of ether oxygens (including phenoxy) is 1. The fourth-order valence-corrected chi connectivity index (χ4v) is 2.19. The fourth-order valence-electron chi connectivity index (χ4n) is 1.43. The second-order valence-corrected chi connectivity index (χ2v) is 6.07. The average molecular weight is 510 g/mol. The molecule has 1 aliphatic rings. The number of rotatable bonds is 5. The fraction of sp³-hybridized carbons (Fsp3) is 1.00. The first-order valence-electron chi connectivity index (χ1n) is 4.97. The van der Waals surface area contributed by atoms with Crippen molar-refractivity contribution >= 4 is 15.6 Å². The molecule has 1 heterocycles. The van der Waals surface area contributed by atoms with Crippen molar-refractivity contribution in [1.29, 1.82) is 0 Å². The molecule has 0 unspecified atom stereocenters. The van der Waals surface area contributed by atoms with Crippen LogP contribution in [0, 0.1) is 0 Å². The molecule has 0 spiro atoms. The van der Waals surface area contributed by atoms with Gasteiger partial charge in [-0.15, -0.1) is 0 Å². The number of phosphoric acid groups is 2. The van der Waals surface area contributed by atoms with E-state index in [1.54, 1.807) is 0 Å². The zero-order valence-corrected chi connectivity index (χ0v) is 28.3. The summed E-state index contributed by atoms with van der Waals surface area (Å²) in [6, 6.07) is 0. The van der Waals surface area contributed by atoms with E-state index in [4.69, 9.17) is 0 Å². The third-order valence-electron chi connectivity index (χ3n) is 2.30. The van der Waals surface area contributed by atoms with Crippen LogP contribution in [-0.2, 0) is 22.9 Å². The summed E-state index contributed by atoms with van der Waals surface area (Å²) in [6.07, 6.45) is -9.92. The number of phosphoric ester groups is 2. The number of aliphatic hydroxyl groups excluding tert-OH is 3. The first kappa shape index (κ1) is 41.8. The third kappa shape index (κ3) is 17.7. The maximum Gasteiger partial charge on any atom is 1.00 e. The molecule has 0 bridgehead atoms. The molecule has 0 radical (unpaired) electrons. The summed E-state index contributed by atoms with van der Waals surface area (Å²) in [5.74, 6) is 0. The van der Waals surface area contributed by atoms with Crippen molar-refractivity contribution in [2.75, 3.05) is 6.61 Å². The van der Waals surface area contributed by atoms with Crippen LogP contribution in [0.3, 0.4) is 0 Å². The molecule has 13 nitrogen and oxygen atoms in total. The van der Waals surface area contributed by atoms with E-state index in [-0.39, 0.29) is 211 Å². The Morgan fingerprint density at radius 1 is 0.840 bits per heavy atom. The smallest absolute Gasteiger partial charge is 0.790 e. The van der Waals surface area contributed by atoms with E-state index in [0.717, 1.165) is 0 Å². The number of hydrogen-bond acceptors (Lipinski definition) is 12. The van der Waals surface area contributed by atoms with Crippen LogP contribution in [0.15, 0.2) is 0 Å². The summed E-state index contributed by atoms with van der Waals surface area (Å²) in [7, 11) is -11.0. The largest absolute Gasteiger partial charge is 1.00 e. The Kier molecular flexibility index (Phi) is 31.6. The molecule has 1 rings (SSSR count). The van der Waals surface area contributed by atoms with Crippen LogP contribution in [-0.4, -0.2) is 58.1 Å². The Hall–Kier alpha value is 6.57. The van der Waals surface area contributed by atoms with E-state index >= 15 is 0 Å². The van der Waals surface area contributed by atoms with Gasteiger partial charge in [0, 0.05) is 0 Å². The summed E-state index contributed by atoms with van der Waals surface area (Å²) < 4.78 is 32.8. The normalized spacial score (nSPS) is 28.8. The molecule has 5 atom stereocenters. The Morgan fingerprint density at radius 2 is 1.28 bits per heavy atom. The predicted molar refractivity (Wildman–Crippen MR) is 52.5 cm³/mol. The van der Waals surface area contributed by atoms with Crippen molar-refractivity contribution in [2.24, 2.45) is 0 Å². The van der Waals surface area contributed by atoms with Crippen molar-refractivity contribution in [1.82, 2.24) is 0 Å². The summed E-state index contributed by atoms with van der Waals surface area (Å²) in [5.41, 5.74) is 0. The van der Waals surface area contributed by atoms with Crippen molar-refractivity contribution < 1.29 is 269 Å². The van der Waals surface area contributed by atoms with Crippen LogP contribution in [0.1, 0.15) is 0 Å². The van der Waals surface area contributed by atoms with Crippen molar-refractivity contribution in [2.45, 2.75) is 30.7 Å². The Bertz CT molecular complexity index is 429. The quantitative estimate of drug-likeness (QED) is 0.230. The molecular formula is C6H12K4O13P2. The van der Waals surface area contributed by atoms with Gasteiger partial charge in [0.25, 0.3) is 0 Å². The zero-order chi connectivity index (χ0) is 15.7. The molecule has 19 heteroatoms. The maximum atomic E-state index is 10.4. The van der Waals surface area contributed by atoms with Gasteiger partial charge < -0.3 is 63.3 Å². The van der Waals surface area contributed by atoms with Crippen LogP contribution in [0.25, 0.3) is 0 Å².